The molecule has 1 rings (SSSR count). The molecule has 1 aromatic rings. The number of hydrogen-bond acceptors (Lipinski definition) is 4. The van der Waals surface area contributed by atoms with E-state index in [1.54, 1.807) is 19.1 Å². The fourth-order valence-corrected chi connectivity index (χ4v) is 3.11. The molecule has 2 amide bonds. The van der Waals surface area contributed by atoms with E-state index in [1.807, 2.05) is 13.8 Å². The number of carbonyl (C=O) groups is 2. The first kappa shape index (κ1) is 19.2. The second-order valence-corrected chi connectivity index (χ2v) is 7.57. The highest BCUT2D eigenvalue weighted by Crippen LogP contribution is 2.13. The number of nitrogens with one attached hydrogen (secondary N) is 2. The van der Waals surface area contributed by atoms with Crippen LogP contribution in [0.25, 0.3) is 0 Å². The summed E-state index contributed by atoms with van der Waals surface area (Å²) < 4.78 is 24.3. The summed E-state index contributed by atoms with van der Waals surface area (Å²) in [5.74, 6) is -1.02. The fourth-order valence-electron chi connectivity index (χ4n) is 1.87. The van der Waals surface area contributed by atoms with Crippen molar-refractivity contribution in [3.05, 3.63) is 29.8 Å². The van der Waals surface area contributed by atoms with Crippen LogP contribution in [0.4, 0.5) is 0 Å². The zero-order valence-electron chi connectivity index (χ0n) is 13.8. The summed E-state index contributed by atoms with van der Waals surface area (Å²) >= 11 is 0. The minimum absolute atomic E-state index is 0.179. The average molecular weight is 340 g/mol. The molecule has 1 unspecified atom stereocenters. The molecule has 7 heteroatoms. The van der Waals surface area contributed by atoms with Crippen LogP contribution in [0.15, 0.2) is 29.2 Å². The van der Waals surface area contributed by atoms with Crippen LogP contribution in [-0.2, 0) is 19.4 Å². The van der Waals surface area contributed by atoms with Crippen LogP contribution >= 0.6 is 0 Å². The van der Waals surface area contributed by atoms with Crippen LogP contribution in [0.3, 0.4) is 0 Å². The Morgan fingerprint density at radius 2 is 1.78 bits per heavy atom. The van der Waals surface area contributed by atoms with Gasteiger partial charge in [-0.05, 0) is 32.4 Å². The standard InChI is InChI=1S/C16H24N2O4S/c1-4-10-17-16(20)13(3)18-15(19)9-11-23(21,22)14-7-5-12(2)6-8-14/h5-8,13H,4,9-11H2,1-3H3,(H,17,20)(H,18,19). The smallest absolute Gasteiger partial charge is 0.242 e. The minimum Gasteiger partial charge on any atom is -0.354 e. The lowest BCUT2D eigenvalue weighted by Crippen LogP contribution is -2.45. The van der Waals surface area contributed by atoms with Crippen molar-refractivity contribution in [2.45, 2.75) is 44.6 Å². The Labute approximate surface area is 137 Å². The maximum atomic E-state index is 12.1. The number of benzene rings is 1. The highest BCUT2D eigenvalue weighted by atomic mass is 32.2. The molecular weight excluding hydrogens is 316 g/mol. The molecule has 0 aliphatic rings. The molecule has 128 valence electrons. The second kappa shape index (κ2) is 8.67. The molecule has 0 radical (unpaired) electrons. The SMILES string of the molecule is CCCNC(=O)C(C)NC(=O)CCS(=O)(=O)c1ccc(C)cc1. The molecular formula is C16H24N2O4S. The van der Waals surface area contributed by atoms with Gasteiger partial charge in [0.25, 0.3) is 0 Å². The van der Waals surface area contributed by atoms with Gasteiger partial charge < -0.3 is 10.6 Å². The molecule has 6 nitrogen and oxygen atoms in total. The van der Waals surface area contributed by atoms with Gasteiger partial charge in [-0.15, -0.1) is 0 Å². The van der Waals surface area contributed by atoms with Crippen molar-refractivity contribution in [3.8, 4) is 0 Å². The predicted molar refractivity (Wildman–Crippen MR) is 88.8 cm³/mol. The first-order chi connectivity index (χ1) is 10.8. The Hall–Kier alpha value is -1.89. The number of carbonyl (C=O) groups excluding carboxylic acids is 2. The van der Waals surface area contributed by atoms with Crippen LogP contribution in [-0.4, -0.2) is 38.6 Å². The van der Waals surface area contributed by atoms with Gasteiger partial charge in [0.2, 0.25) is 11.8 Å². The molecule has 0 saturated carbocycles. The predicted octanol–water partition coefficient (Wildman–Crippen LogP) is 1.19. The number of aryl methyl sites for hydroxylation is 1. The highest BCUT2D eigenvalue weighted by molar-refractivity contribution is 7.91. The Morgan fingerprint density at radius 1 is 1.17 bits per heavy atom. The van der Waals surface area contributed by atoms with Crippen LogP contribution in [0.2, 0.25) is 0 Å². The lowest BCUT2D eigenvalue weighted by molar-refractivity contribution is -0.128. The van der Waals surface area contributed by atoms with E-state index in [4.69, 9.17) is 0 Å². The van der Waals surface area contributed by atoms with E-state index in [-0.39, 0.29) is 23.0 Å². The van der Waals surface area contributed by atoms with Gasteiger partial charge in [0.1, 0.15) is 6.04 Å². The quantitative estimate of drug-likeness (QED) is 0.743. The summed E-state index contributed by atoms with van der Waals surface area (Å²) in [7, 11) is -3.50. The summed E-state index contributed by atoms with van der Waals surface area (Å²) in [6.45, 7) is 5.91. The minimum atomic E-state index is -3.50. The summed E-state index contributed by atoms with van der Waals surface area (Å²) in [6, 6.07) is 5.81. The van der Waals surface area contributed by atoms with Gasteiger partial charge in [-0.1, -0.05) is 24.6 Å². The molecule has 0 aliphatic carbocycles. The Bertz CT molecular complexity index is 639. The third-order valence-corrected chi connectivity index (χ3v) is 5.03. The molecule has 0 heterocycles. The van der Waals surface area contributed by atoms with Crippen LogP contribution in [0.1, 0.15) is 32.3 Å². The van der Waals surface area contributed by atoms with Crippen molar-refractivity contribution in [1.82, 2.24) is 10.6 Å². The summed E-state index contributed by atoms with van der Waals surface area (Å²) in [5, 5.41) is 5.18. The van der Waals surface area contributed by atoms with Gasteiger partial charge in [0.05, 0.1) is 10.6 Å². The molecule has 1 aromatic carbocycles. The maximum absolute atomic E-state index is 12.1. The van der Waals surface area contributed by atoms with E-state index < -0.39 is 21.8 Å². The first-order valence-corrected chi connectivity index (χ1v) is 9.28. The molecule has 0 spiro atoms. The van der Waals surface area contributed by atoms with Crippen LogP contribution in [0.5, 0.6) is 0 Å². The molecule has 0 bridgehead atoms. The van der Waals surface area contributed by atoms with E-state index in [9.17, 15) is 18.0 Å². The van der Waals surface area contributed by atoms with Crippen molar-refractivity contribution in [1.29, 1.82) is 0 Å². The van der Waals surface area contributed by atoms with Crippen molar-refractivity contribution in [3.63, 3.8) is 0 Å². The largest absolute Gasteiger partial charge is 0.354 e. The van der Waals surface area contributed by atoms with Crippen molar-refractivity contribution in [2.75, 3.05) is 12.3 Å². The molecule has 0 aromatic heterocycles. The van der Waals surface area contributed by atoms with E-state index in [0.29, 0.717) is 6.54 Å². The van der Waals surface area contributed by atoms with E-state index in [1.165, 1.54) is 12.1 Å². The number of amides is 2. The van der Waals surface area contributed by atoms with Gasteiger partial charge in [0.15, 0.2) is 9.84 Å². The Kier molecular flexibility index (Phi) is 7.22. The van der Waals surface area contributed by atoms with Gasteiger partial charge in [0, 0.05) is 13.0 Å². The van der Waals surface area contributed by atoms with Crippen molar-refractivity contribution < 1.29 is 18.0 Å². The van der Waals surface area contributed by atoms with E-state index >= 15 is 0 Å². The number of rotatable bonds is 8. The van der Waals surface area contributed by atoms with Gasteiger partial charge in [-0.2, -0.15) is 0 Å². The Balaban J connectivity index is 2.52. The number of hydrogen-bond donors (Lipinski definition) is 2. The Morgan fingerprint density at radius 3 is 2.35 bits per heavy atom. The summed E-state index contributed by atoms with van der Waals surface area (Å²) in [5.41, 5.74) is 0.966. The number of sulfone groups is 1. The van der Waals surface area contributed by atoms with Crippen molar-refractivity contribution in [2.24, 2.45) is 0 Å². The molecule has 0 fully saturated rings. The van der Waals surface area contributed by atoms with Crippen LogP contribution < -0.4 is 10.6 Å². The van der Waals surface area contributed by atoms with Gasteiger partial charge >= 0.3 is 0 Å². The molecule has 0 saturated heterocycles. The zero-order valence-corrected chi connectivity index (χ0v) is 14.6. The maximum Gasteiger partial charge on any atom is 0.242 e. The average Bonchev–Trinajstić information content (AvgIpc) is 2.51. The highest BCUT2D eigenvalue weighted by Gasteiger charge is 2.19. The first-order valence-electron chi connectivity index (χ1n) is 7.62. The molecule has 23 heavy (non-hydrogen) atoms. The van der Waals surface area contributed by atoms with Gasteiger partial charge in [-0.25, -0.2) is 8.42 Å². The molecule has 0 aliphatic heterocycles. The lowest BCUT2D eigenvalue weighted by Gasteiger charge is -2.13. The zero-order chi connectivity index (χ0) is 17.5. The lowest BCUT2D eigenvalue weighted by atomic mass is 10.2. The van der Waals surface area contributed by atoms with Crippen molar-refractivity contribution >= 4 is 21.7 Å². The summed E-state index contributed by atoms with van der Waals surface area (Å²) in [4.78, 5) is 23.7. The fraction of sp³-hybridized carbons (Fsp3) is 0.500. The third kappa shape index (κ3) is 6.40. The van der Waals surface area contributed by atoms with E-state index in [0.717, 1.165) is 12.0 Å². The summed E-state index contributed by atoms with van der Waals surface area (Å²) in [6.07, 6.45) is 0.628. The van der Waals surface area contributed by atoms with E-state index in [2.05, 4.69) is 10.6 Å². The monoisotopic (exact) mass is 340 g/mol. The topological polar surface area (TPSA) is 92.3 Å². The third-order valence-electron chi connectivity index (χ3n) is 3.30. The van der Waals surface area contributed by atoms with Gasteiger partial charge in [-0.3, -0.25) is 9.59 Å². The molecule has 1 atom stereocenters. The van der Waals surface area contributed by atoms with Crippen LogP contribution in [0, 0.1) is 6.92 Å². The normalized spacial score (nSPS) is 12.5. The second-order valence-electron chi connectivity index (χ2n) is 5.46. The molecule has 2 N–H and O–H groups in total.